The molecule has 7 nitrogen and oxygen atoms in total. The van der Waals surface area contributed by atoms with Crippen LogP contribution in [0.1, 0.15) is 48.0 Å². The van der Waals surface area contributed by atoms with Gasteiger partial charge in [0.25, 0.3) is 5.91 Å². The second-order valence-electron chi connectivity index (χ2n) is 6.92. The largest absolute Gasteiger partial charge is 0.493 e. The number of rotatable bonds is 6. The Labute approximate surface area is 159 Å². The molecular weight excluding hydrogens is 344 g/mol. The molecule has 27 heavy (non-hydrogen) atoms. The number of anilines is 1. The number of ether oxygens (including phenoxy) is 2. The molecule has 3 rings (SSSR count). The van der Waals surface area contributed by atoms with Gasteiger partial charge >= 0.3 is 0 Å². The minimum atomic E-state index is -0.251. The number of aromatic nitrogens is 2. The summed E-state index contributed by atoms with van der Waals surface area (Å²) in [7, 11) is 3.26. The molecule has 0 spiro atoms. The Kier molecular flexibility index (Phi) is 5.78. The molecule has 1 aromatic carbocycles. The number of carbonyl (C=O) groups excluding carboxylic acids is 1. The van der Waals surface area contributed by atoms with Crippen LogP contribution < -0.4 is 20.5 Å². The fraction of sp³-hybridized carbons (Fsp3) is 0.450. The molecule has 1 aromatic heterocycles. The molecule has 1 heterocycles. The summed E-state index contributed by atoms with van der Waals surface area (Å²) in [6.07, 6.45) is 8.25. The monoisotopic (exact) mass is 370 g/mol. The smallest absolute Gasteiger partial charge is 0.256 e. The predicted molar refractivity (Wildman–Crippen MR) is 103 cm³/mol. The lowest BCUT2D eigenvalue weighted by atomic mass is 9.69. The molecule has 7 heteroatoms. The maximum atomic E-state index is 12.6. The van der Waals surface area contributed by atoms with E-state index in [1.807, 2.05) is 12.1 Å². The van der Waals surface area contributed by atoms with Gasteiger partial charge in [0.1, 0.15) is 12.1 Å². The number of nitrogens with two attached hydrogens (primary N) is 1. The van der Waals surface area contributed by atoms with Gasteiger partial charge in [-0.2, -0.15) is 0 Å². The maximum absolute atomic E-state index is 12.6. The summed E-state index contributed by atoms with van der Waals surface area (Å²) < 4.78 is 10.8. The third-order valence-corrected chi connectivity index (χ3v) is 5.38. The van der Waals surface area contributed by atoms with Crippen molar-refractivity contribution in [3.8, 4) is 11.5 Å². The number of methoxy groups -OCH3 is 2. The molecule has 0 saturated heterocycles. The van der Waals surface area contributed by atoms with E-state index in [1.54, 1.807) is 14.2 Å². The van der Waals surface area contributed by atoms with Gasteiger partial charge in [-0.05, 0) is 30.5 Å². The average Bonchev–Trinajstić information content (AvgIpc) is 2.72. The van der Waals surface area contributed by atoms with Crippen LogP contribution in [0.5, 0.6) is 11.5 Å². The Hall–Kier alpha value is -2.83. The van der Waals surface area contributed by atoms with Crippen molar-refractivity contribution in [3.63, 3.8) is 0 Å². The third kappa shape index (κ3) is 3.97. The lowest BCUT2D eigenvalue weighted by Crippen LogP contribution is -2.42. The molecule has 1 aliphatic carbocycles. The van der Waals surface area contributed by atoms with Gasteiger partial charge in [-0.15, -0.1) is 0 Å². The van der Waals surface area contributed by atoms with Gasteiger partial charge < -0.3 is 20.5 Å². The van der Waals surface area contributed by atoms with Crippen LogP contribution in [-0.2, 0) is 5.41 Å². The van der Waals surface area contributed by atoms with E-state index in [1.165, 1.54) is 18.9 Å². The van der Waals surface area contributed by atoms with Crippen LogP contribution in [-0.4, -0.2) is 36.6 Å². The molecule has 2 aromatic rings. The molecule has 1 aliphatic rings. The summed E-state index contributed by atoms with van der Waals surface area (Å²) in [5.74, 6) is 1.34. The SMILES string of the molecule is COc1ccc(C2(CNC(=O)c3cncnc3N)CCCCC2)cc1OC. The number of nitrogens with one attached hydrogen (secondary N) is 1. The Morgan fingerprint density at radius 1 is 1.19 bits per heavy atom. The van der Waals surface area contributed by atoms with Crippen LogP contribution in [0.3, 0.4) is 0 Å². The van der Waals surface area contributed by atoms with Crippen molar-refractivity contribution >= 4 is 11.7 Å². The number of benzene rings is 1. The van der Waals surface area contributed by atoms with Crippen LogP contribution in [0.4, 0.5) is 5.82 Å². The summed E-state index contributed by atoms with van der Waals surface area (Å²) in [4.78, 5) is 20.4. The Morgan fingerprint density at radius 3 is 2.59 bits per heavy atom. The van der Waals surface area contributed by atoms with Crippen molar-refractivity contribution in [3.05, 3.63) is 41.9 Å². The van der Waals surface area contributed by atoms with E-state index in [0.29, 0.717) is 23.6 Å². The maximum Gasteiger partial charge on any atom is 0.256 e. The molecule has 1 fully saturated rings. The van der Waals surface area contributed by atoms with Crippen LogP contribution in [0.2, 0.25) is 0 Å². The zero-order valence-electron chi connectivity index (χ0n) is 15.8. The number of nitrogen functional groups attached to an aromatic ring is 1. The number of nitrogens with zero attached hydrogens (tertiary/aromatic N) is 2. The first-order valence-electron chi connectivity index (χ1n) is 9.16. The quantitative estimate of drug-likeness (QED) is 0.811. The van der Waals surface area contributed by atoms with Gasteiger partial charge in [-0.25, -0.2) is 9.97 Å². The average molecular weight is 370 g/mol. The van der Waals surface area contributed by atoms with E-state index >= 15 is 0 Å². The molecule has 0 unspecified atom stereocenters. The summed E-state index contributed by atoms with van der Waals surface area (Å²) in [6.45, 7) is 0.523. The standard InChI is InChI=1S/C20H26N4O3/c1-26-16-7-6-14(10-17(16)27-2)20(8-4-3-5-9-20)12-23-19(25)15-11-22-13-24-18(15)21/h6-7,10-11,13H,3-5,8-9,12H2,1-2H3,(H,23,25)(H2,21,22,24). The summed E-state index contributed by atoms with van der Waals surface area (Å²) in [5.41, 5.74) is 7.11. The van der Waals surface area contributed by atoms with Gasteiger partial charge in [-0.3, -0.25) is 4.79 Å². The number of hydrogen-bond donors (Lipinski definition) is 2. The molecule has 0 radical (unpaired) electrons. The second kappa shape index (κ2) is 8.24. The van der Waals surface area contributed by atoms with Crippen molar-refractivity contribution < 1.29 is 14.3 Å². The first-order valence-corrected chi connectivity index (χ1v) is 9.16. The van der Waals surface area contributed by atoms with E-state index < -0.39 is 0 Å². The number of amides is 1. The van der Waals surface area contributed by atoms with Crippen LogP contribution in [0, 0.1) is 0 Å². The molecule has 0 aliphatic heterocycles. The molecular formula is C20H26N4O3. The highest BCUT2D eigenvalue weighted by Crippen LogP contribution is 2.42. The van der Waals surface area contributed by atoms with Crippen molar-refractivity contribution in [1.29, 1.82) is 0 Å². The first-order chi connectivity index (χ1) is 13.1. The van der Waals surface area contributed by atoms with E-state index in [0.717, 1.165) is 31.2 Å². The summed E-state index contributed by atoms with van der Waals surface area (Å²) in [5, 5.41) is 3.04. The highest BCUT2D eigenvalue weighted by atomic mass is 16.5. The lowest BCUT2D eigenvalue weighted by molar-refractivity contribution is 0.0937. The van der Waals surface area contributed by atoms with Crippen LogP contribution in [0.15, 0.2) is 30.7 Å². The van der Waals surface area contributed by atoms with E-state index in [4.69, 9.17) is 15.2 Å². The first kappa shape index (κ1) is 18.9. The van der Waals surface area contributed by atoms with Gasteiger partial charge in [0.15, 0.2) is 11.5 Å². The molecule has 1 amide bonds. The van der Waals surface area contributed by atoms with Gasteiger partial charge in [0.2, 0.25) is 0 Å². The van der Waals surface area contributed by atoms with E-state index in [-0.39, 0.29) is 17.1 Å². The summed E-state index contributed by atoms with van der Waals surface area (Å²) in [6, 6.07) is 6.02. The lowest BCUT2D eigenvalue weighted by Gasteiger charge is -2.38. The fourth-order valence-electron chi connectivity index (χ4n) is 3.82. The molecule has 1 saturated carbocycles. The highest BCUT2D eigenvalue weighted by Gasteiger charge is 2.35. The zero-order valence-corrected chi connectivity index (χ0v) is 15.8. The predicted octanol–water partition coefficient (Wildman–Crippen LogP) is 2.71. The number of carbonyl (C=O) groups is 1. The number of hydrogen-bond acceptors (Lipinski definition) is 6. The molecule has 0 atom stereocenters. The second-order valence-corrected chi connectivity index (χ2v) is 6.92. The van der Waals surface area contributed by atoms with Crippen LogP contribution >= 0.6 is 0 Å². The third-order valence-electron chi connectivity index (χ3n) is 5.38. The normalized spacial score (nSPS) is 15.8. The fourth-order valence-corrected chi connectivity index (χ4v) is 3.82. The van der Waals surface area contributed by atoms with Gasteiger partial charge in [0.05, 0.1) is 19.8 Å². The molecule has 144 valence electrons. The van der Waals surface area contributed by atoms with Crippen molar-refractivity contribution in [1.82, 2.24) is 15.3 Å². The van der Waals surface area contributed by atoms with Gasteiger partial charge in [0, 0.05) is 18.2 Å². The van der Waals surface area contributed by atoms with Gasteiger partial charge in [-0.1, -0.05) is 25.3 Å². The zero-order chi connectivity index (χ0) is 19.3. The Morgan fingerprint density at radius 2 is 1.93 bits per heavy atom. The Bertz CT molecular complexity index is 804. The minimum Gasteiger partial charge on any atom is -0.493 e. The van der Waals surface area contributed by atoms with Crippen molar-refractivity contribution in [2.45, 2.75) is 37.5 Å². The van der Waals surface area contributed by atoms with Crippen molar-refractivity contribution in [2.75, 3.05) is 26.5 Å². The topological polar surface area (TPSA) is 99.4 Å². The minimum absolute atomic E-state index is 0.141. The van der Waals surface area contributed by atoms with E-state index in [9.17, 15) is 4.79 Å². The van der Waals surface area contributed by atoms with E-state index in [2.05, 4.69) is 21.4 Å². The Balaban J connectivity index is 1.85. The van der Waals surface area contributed by atoms with Crippen LogP contribution in [0.25, 0.3) is 0 Å². The molecule has 3 N–H and O–H groups in total. The highest BCUT2D eigenvalue weighted by molar-refractivity contribution is 5.97. The van der Waals surface area contributed by atoms with Crippen molar-refractivity contribution in [2.24, 2.45) is 0 Å². The molecule has 0 bridgehead atoms. The summed E-state index contributed by atoms with van der Waals surface area (Å²) >= 11 is 0.